The Kier molecular flexibility index (Phi) is 2.34. The van der Waals surface area contributed by atoms with Crippen molar-refractivity contribution in [2.75, 3.05) is 0 Å². The van der Waals surface area contributed by atoms with Gasteiger partial charge in [-0.3, -0.25) is 0 Å². The van der Waals surface area contributed by atoms with E-state index in [1.54, 1.807) is 0 Å². The minimum atomic E-state index is -4.68. The molecule has 0 heterocycles. The summed E-state index contributed by atoms with van der Waals surface area (Å²) in [6.45, 7) is 0.707. The molecule has 1 atom stereocenters. The normalized spacial score (nSPS) is 16.7. The molecule has 0 saturated carbocycles. The van der Waals surface area contributed by atoms with E-state index in [1.807, 2.05) is 0 Å². The second-order valence-corrected chi connectivity index (χ2v) is 2.85. The summed E-state index contributed by atoms with van der Waals surface area (Å²) in [5.41, 5.74) is -3.10. The molecule has 0 bridgehead atoms. The third kappa shape index (κ3) is 1.83. The van der Waals surface area contributed by atoms with E-state index >= 15 is 0 Å². The lowest BCUT2D eigenvalue weighted by atomic mass is 9.96. The highest BCUT2D eigenvalue weighted by Gasteiger charge is 2.51. The van der Waals surface area contributed by atoms with E-state index in [-0.39, 0.29) is 5.56 Å². The molecule has 1 N–H and O–H groups in total. The number of hydrogen-bond acceptors (Lipinski definition) is 1. The molecule has 0 fully saturated rings. The first-order chi connectivity index (χ1) is 5.86. The molecule has 1 radical (unpaired) electrons. The Balaban J connectivity index is 3.08. The Bertz CT molecular complexity index is 277. The molecule has 1 aromatic carbocycles. The summed E-state index contributed by atoms with van der Waals surface area (Å²) < 4.78 is 36.7. The number of halogens is 3. The SMILES string of the molecule is CC(O)(c1[c]cccc1)C(F)(F)F. The fraction of sp³-hybridized carbons (Fsp3) is 0.333. The van der Waals surface area contributed by atoms with Crippen molar-refractivity contribution < 1.29 is 18.3 Å². The molecule has 1 rings (SSSR count). The van der Waals surface area contributed by atoms with Gasteiger partial charge in [0.15, 0.2) is 5.60 Å². The molecule has 1 nitrogen and oxygen atoms in total. The highest BCUT2D eigenvalue weighted by Crippen LogP contribution is 2.37. The molecular formula is C9H8F3O. The van der Waals surface area contributed by atoms with Crippen LogP contribution < -0.4 is 0 Å². The highest BCUT2D eigenvalue weighted by atomic mass is 19.4. The van der Waals surface area contributed by atoms with Crippen LogP contribution in [0.1, 0.15) is 12.5 Å². The van der Waals surface area contributed by atoms with Crippen LogP contribution in [0.5, 0.6) is 0 Å². The van der Waals surface area contributed by atoms with Gasteiger partial charge in [-0.25, -0.2) is 0 Å². The number of benzene rings is 1. The van der Waals surface area contributed by atoms with Gasteiger partial charge in [-0.05, 0) is 13.0 Å². The average Bonchev–Trinajstić information content (AvgIpc) is 2.04. The molecule has 0 aliphatic rings. The average molecular weight is 189 g/mol. The molecule has 13 heavy (non-hydrogen) atoms. The molecule has 1 unspecified atom stereocenters. The number of hydrogen-bond donors (Lipinski definition) is 1. The van der Waals surface area contributed by atoms with Crippen molar-refractivity contribution in [3.05, 3.63) is 35.9 Å². The minimum absolute atomic E-state index is 0.275. The van der Waals surface area contributed by atoms with Gasteiger partial charge in [-0.1, -0.05) is 24.3 Å². The Morgan fingerprint density at radius 1 is 1.31 bits per heavy atom. The zero-order valence-electron chi connectivity index (χ0n) is 6.89. The van der Waals surface area contributed by atoms with Crippen LogP contribution in [0.2, 0.25) is 0 Å². The largest absolute Gasteiger partial charge is 0.421 e. The topological polar surface area (TPSA) is 20.2 Å². The van der Waals surface area contributed by atoms with Crippen LogP contribution in [-0.2, 0) is 5.60 Å². The maximum Gasteiger partial charge on any atom is 0.421 e. The van der Waals surface area contributed by atoms with Crippen molar-refractivity contribution in [2.24, 2.45) is 0 Å². The Hall–Kier alpha value is -1.03. The summed E-state index contributed by atoms with van der Waals surface area (Å²) in [4.78, 5) is 0. The maximum atomic E-state index is 12.2. The number of alkyl halides is 3. The van der Waals surface area contributed by atoms with Crippen LogP contribution >= 0.6 is 0 Å². The Morgan fingerprint density at radius 3 is 2.31 bits per heavy atom. The highest BCUT2D eigenvalue weighted by molar-refractivity contribution is 5.21. The molecule has 4 heteroatoms. The van der Waals surface area contributed by atoms with E-state index in [1.165, 1.54) is 24.3 Å². The molecule has 71 valence electrons. The molecule has 0 saturated heterocycles. The van der Waals surface area contributed by atoms with Crippen LogP contribution in [0.25, 0.3) is 0 Å². The molecule has 0 aliphatic carbocycles. The quantitative estimate of drug-likeness (QED) is 0.718. The van der Waals surface area contributed by atoms with E-state index in [4.69, 9.17) is 5.11 Å². The second-order valence-electron chi connectivity index (χ2n) is 2.85. The van der Waals surface area contributed by atoms with Crippen molar-refractivity contribution >= 4 is 0 Å². The molecule has 1 aromatic rings. The summed E-state index contributed by atoms with van der Waals surface area (Å²) in [5.74, 6) is 0. The van der Waals surface area contributed by atoms with E-state index in [2.05, 4.69) is 6.07 Å². The Labute approximate surface area is 73.8 Å². The van der Waals surface area contributed by atoms with Gasteiger partial charge in [0.2, 0.25) is 0 Å². The van der Waals surface area contributed by atoms with Gasteiger partial charge >= 0.3 is 6.18 Å². The van der Waals surface area contributed by atoms with Crippen LogP contribution in [0.15, 0.2) is 24.3 Å². The first-order valence-electron chi connectivity index (χ1n) is 3.62. The van der Waals surface area contributed by atoms with E-state index < -0.39 is 11.8 Å². The second kappa shape index (κ2) is 3.03. The van der Waals surface area contributed by atoms with Crippen molar-refractivity contribution in [1.82, 2.24) is 0 Å². The lowest BCUT2D eigenvalue weighted by Crippen LogP contribution is -2.39. The van der Waals surface area contributed by atoms with Gasteiger partial charge in [0.05, 0.1) is 0 Å². The van der Waals surface area contributed by atoms with Gasteiger partial charge in [0, 0.05) is 5.56 Å². The Morgan fingerprint density at radius 2 is 1.92 bits per heavy atom. The molecule has 0 amide bonds. The van der Waals surface area contributed by atoms with Gasteiger partial charge < -0.3 is 5.11 Å². The van der Waals surface area contributed by atoms with E-state index in [0.717, 1.165) is 0 Å². The fourth-order valence-corrected chi connectivity index (χ4v) is 0.849. The van der Waals surface area contributed by atoms with Gasteiger partial charge in [-0.2, -0.15) is 13.2 Å². The first-order valence-corrected chi connectivity index (χ1v) is 3.62. The lowest BCUT2D eigenvalue weighted by molar-refractivity contribution is -0.259. The lowest BCUT2D eigenvalue weighted by Gasteiger charge is -2.26. The van der Waals surface area contributed by atoms with Gasteiger partial charge in [-0.15, -0.1) is 0 Å². The summed E-state index contributed by atoms with van der Waals surface area (Å²) in [7, 11) is 0. The zero-order chi connectivity index (χ0) is 10.1. The molecule has 0 spiro atoms. The van der Waals surface area contributed by atoms with Gasteiger partial charge in [0.1, 0.15) is 0 Å². The maximum absolute atomic E-state index is 12.2. The molecule has 0 aliphatic heterocycles. The van der Waals surface area contributed by atoms with Crippen LogP contribution in [-0.4, -0.2) is 11.3 Å². The predicted octanol–water partition coefficient (Wildman–Crippen LogP) is 2.26. The third-order valence-electron chi connectivity index (χ3n) is 1.79. The summed E-state index contributed by atoms with van der Waals surface area (Å²) >= 11 is 0. The van der Waals surface area contributed by atoms with Crippen LogP contribution in [0.3, 0.4) is 0 Å². The minimum Gasteiger partial charge on any atom is -0.376 e. The van der Waals surface area contributed by atoms with E-state index in [0.29, 0.717) is 6.92 Å². The van der Waals surface area contributed by atoms with Crippen LogP contribution in [0, 0.1) is 6.07 Å². The first kappa shape index (κ1) is 10.1. The standard InChI is InChI=1S/C9H8F3O/c1-8(13,9(10,11)12)7-5-3-2-4-6-7/h2-5,13H,1H3. The number of aliphatic hydroxyl groups is 1. The zero-order valence-corrected chi connectivity index (χ0v) is 6.89. The monoisotopic (exact) mass is 189 g/mol. The predicted molar refractivity (Wildman–Crippen MR) is 40.9 cm³/mol. The van der Waals surface area contributed by atoms with Crippen molar-refractivity contribution in [3.8, 4) is 0 Å². The van der Waals surface area contributed by atoms with Crippen molar-refractivity contribution in [2.45, 2.75) is 18.7 Å². The van der Waals surface area contributed by atoms with Crippen LogP contribution in [0.4, 0.5) is 13.2 Å². The summed E-state index contributed by atoms with van der Waals surface area (Å²) in [6.07, 6.45) is -4.68. The van der Waals surface area contributed by atoms with Gasteiger partial charge in [0.25, 0.3) is 0 Å². The summed E-state index contributed by atoms with van der Waals surface area (Å²) in [5, 5.41) is 9.17. The smallest absolute Gasteiger partial charge is 0.376 e. The van der Waals surface area contributed by atoms with E-state index in [9.17, 15) is 13.2 Å². The molecular weight excluding hydrogens is 181 g/mol. The third-order valence-corrected chi connectivity index (χ3v) is 1.79. The fourth-order valence-electron chi connectivity index (χ4n) is 0.849. The number of rotatable bonds is 1. The van der Waals surface area contributed by atoms with Crippen molar-refractivity contribution in [1.29, 1.82) is 0 Å². The summed E-state index contributed by atoms with van der Waals surface area (Å²) in [6, 6.07) is 7.82. The van der Waals surface area contributed by atoms with Crippen molar-refractivity contribution in [3.63, 3.8) is 0 Å². The molecule has 0 aromatic heterocycles.